The van der Waals surface area contributed by atoms with Crippen LogP contribution in [0.3, 0.4) is 0 Å². The zero-order valence-electron chi connectivity index (χ0n) is 20.5. The number of nitrogens with zero attached hydrogens (tertiary/aromatic N) is 2. The van der Waals surface area contributed by atoms with Crippen LogP contribution in [-0.2, 0) is 11.0 Å². The van der Waals surface area contributed by atoms with Crippen molar-refractivity contribution in [3.8, 4) is 11.1 Å². The molecular weight excluding hydrogens is 394 g/mol. The number of hydrogen-bond donors (Lipinski definition) is 2. The van der Waals surface area contributed by atoms with Gasteiger partial charge in [0.1, 0.15) is 5.60 Å². The van der Waals surface area contributed by atoms with Crippen LogP contribution >= 0.6 is 0 Å². The summed E-state index contributed by atoms with van der Waals surface area (Å²) in [7, 11) is 2.10. The predicted molar refractivity (Wildman–Crippen MR) is 132 cm³/mol. The van der Waals surface area contributed by atoms with Gasteiger partial charge in [0.15, 0.2) is 0 Å². The van der Waals surface area contributed by atoms with E-state index in [0.29, 0.717) is 5.92 Å². The summed E-state index contributed by atoms with van der Waals surface area (Å²) in [5.74, 6) is 0.457. The third kappa shape index (κ3) is 3.80. The van der Waals surface area contributed by atoms with Crippen LogP contribution in [0.4, 0.5) is 0 Å². The molecule has 1 aromatic carbocycles. The number of aromatic amines is 1. The summed E-state index contributed by atoms with van der Waals surface area (Å²) >= 11 is 0. The summed E-state index contributed by atoms with van der Waals surface area (Å²) in [6.07, 6.45) is 5.76. The fraction of sp³-hybridized carbons (Fsp3) is 0.464. The maximum atomic E-state index is 12.4. The maximum Gasteiger partial charge on any atom is 0.124 e. The van der Waals surface area contributed by atoms with Gasteiger partial charge in [-0.05, 0) is 36.2 Å². The van der Waals surface area contributed by atoms with Gasteiger partial charge < -0.3 is 15.0 Å². The molecule has 4 nitrogen and oxygen atoms in total. The molecule has 0 aliphatic carbocycles. The molecule has 0 saturated carbocycles. The molecule has 32 heavy (non-hydrogen) atoms. The third-order valence-electron chi connectivity index (χ3n) is 7.09. The van der Waals surface area contributed by atoms with Crippen molar-refractivity contribution in [2.75, 3.05) is 20.1 Å². The summed E-state index contributed by atoms with van der Waals surface area (Å²) in [4.78, 5) is 10.2. The molecule has 0 unspecified atom stereocenters. The Kier molecular flexibility index (Phi) is 5.59. The highest BCUT2D eigenvalue weighted by atomic mass is 16.3. The first kappa shape index (κ1) is 22.8. The van der Waals surface area contributed by atoms with Crippen molar-refractivity contribution in [3.05, 3.63) is 77.4 Å². The van der Waals surface area contributed by atoms with Crippen molar-refractivity contribution in [1.82, 2.24) is 14.9 Å². The van der Waals surface area contributed by atoms with Gasteiger partial charge in [-0.1, -0.05) is 65.8 Å². The van der Waals surface area contributed by atoms with Crippen LogP contribution in [0.15, 0.2) is 55.0 Å². The summed E-state index contributed by atoms with van der Waals surface area (Å²) < 4.78 is 0. The highest BCUT2D eigenvalue weighted by Crippen LogP contribution is 2.50. The lowest BCUT2D eigenvalue weighted by atomic mass is 9.62. The number of rotatable bonds is 5. The average Bonchev–Trinajstić information content (AvgIpc) is 3.23. The fourth-order valence-electron chi connectivity index (χ4n) is 5.14. The van der Waals surface area contributed by atoms with Crippen LogP contribution in [0.5, 0.6) is 0 Å². The quantitative estimate of drug-likeness (QED) is 0.546. The topological polar surface area (TPSA) is 52.2 Å². The molecule has 0 amide bonds. The number of pyridine rings is 1. The van der Waals surface area contributed by atoms with Gasteiger partial charge in [-0.3, -0.25) is 4.98 Å². The number of H-pyrrole nitrogens is 1. The summed E-state index contributed by atoms with van der Waals surface area (Å²) in [6.45, 7) is 14.8. The van der Waals surface area contributed by atoms with Crippen LogP contribution in [0.25, 0.3) is 11.1 Å². The van der Waals surface area contributed by atoms with Gasteiger partial charge >= 0.3 is 0 Å². The predicted octanol–water partition coefficient (Wildman–Crippen LogP) is 5.69. The number of aliphatic hydroxyl groups is 1. The van der Waals surface area contributed by atoms with Crippen molar-refractivity contribution in [2.24, 2.45) is 5.41 Å². The molecule has 4 rings (SSSR count). The van der Waals surface area contributed by atoms with E-state index in [9.17, 15) is 5.11 Å². The molecule has 1 saturated heterocycles. The van der Waals surface area contributed by atoms with Crippen molar-refractivity contribution in [1.29, 1.82) is 0 Å². The van der Waals surface area contributed by atoms with Gasteiger partial charge in [-0.25, -0.2) is 0 Å². The molecule has 4 heteroatoms. The third-order valence-corrected chi connectivity index (χ3v) is 7.09. The molecule has 3 aromatic rings. The van der Waals surface area contributed by atoms with Crippen molar-refractivity contribution >= 4 is 0 Å². The molecule has 1 aliphatic rings. The van der Waals surface area contributed by atoms with E-state index < -0.39 is 5.60 Å². The maximum absolute atomic E-state index is 12.4. The summed E-state index contributed by atoms with van der Waals surface area (Å²) in [5.41, 5.74) is 4.98. The van der Waals surface area contributed by atoms with Gasteiger partial charge in [0.05, 0.1) is 0 Å². The van der Waals surface area contributed by atoms with Crippen LogP contribution in [0.2, 0.25) is 0 Å². The lowest BCUT2D eigenvalue weighted by Crippen LogP contribution is -2.63. The first-order chi connectivity index (χ1) is 14.9. The van der Waals surface area contributed by atoms with Crippen molar-refractivity contribution < 1.29 is 5.11 Å². The zero-order valence-corrected chi connectivity index (χ0v) is 20.5. The van der Waals surface area contributed by atoms with E-state index in [1.165, 1.54) is 11.3 Å². The SMILES string of the molecule is CC(C)c1ccc([C@](O)(c2cncc(-c3c[nH]c(C(C)(C)C)c3)c2)C2(C)CN(C)C2)cc1. The zero-order chi connectivity index (χ0) is 23.3. The molecular formula is C28H37N3O. The van der Waals surface area contributed by atoms with E-state index in [4.69, 9.17) is 0 Å². The largest absolute Gasteiger partial charge is 0.380 e. The Balaban J connectivity index is 1.80. The van der Waals surface area contributed by atoms with Gasteiger partial charge in [0.2, 0.25) is 0 Å². The number of benzene rings is 1. The fourth-order valence-corrected chi connectivity index (χ4v) is 5.14. The normalized spacial score (nSPS) is 18.4. The number of hydrogen-bond acceptors (Lipinski definition) is 3. The monoisotopic (exact) mass is 431 g/mol. The molecule has 170 valence electrons. The minimum absolute atomic E-state index is 0.0478. The molecule has 2 N–H and O–H groups in total. The second kappa shape index (κ2) is 7.86. The Labute approximate surface area is 192 Å². The smallest absolute Gasteiger partial charge is 0.124 e. The summed E-state index contributed by atoms with van der Waals surface area (Å²) in [6, 6.07) is 12.8. The Hall–Kier alpha value is -2.43. The van der Waals surface area contributed by atoms with Crippen molar-refractivity contribution in [3.63, 3.8) is 0 Å². The molecule has 3 heterocycles. The standard InChI is InChI=1S/C28H37N3O/c1-19(2)20-8-10-23(11-9-20)28(32,27(6)17-31(7)18-27)24-12-21(14-29-16-24)22-13-25(30-15-22)26(3,4)5/h8-16,19,30,32H,17-18H2,1-7H3/t28-/m0/s1. The van der Waals surface area contributed by atoms with E-state index >= 15 is 0 Å². The Morgan fingerprint density at radius 2 is 1.66 bits per heavy atom. The minimum Gasteiger partial charge on any atom is -0.380 e. The van der Waals surface area contributed by atoms with E-state index in [2.05, 4.69) is 99.9 Å². The van der Waals surface area contributed by atoms with Gasteiger partial charge in [0.25, 0.3) is 0 Å². The minimum atomic E-state index is -1.12. The molecule has 0 spiro atoms. The van der Waals surface area contributed by atoms with E-state index in [-0.39, 0.29) is 10.8 Å². The lowest BCUT2D eigenvalue weighted by Gasteiger charge is -2.55. The molecule has 0 bridgehead atoms. The molecule has 0 radical (unpaired) electrons. The average molecular weight is 432 g/mol. The van der Waals surface area contributed by atoms with E-state index in [0.717, 1.165) is 35.3 Å². The van der Waals surface area contributed by atoms with E-state index in [1.807, 2.05) is 18.6 Å². The number of aromatic nitrogens is 2. The highest BCUT2D eigenvalue weighted by Gasteiger charge is 2.55. The van der Waals surface area contributed by atoms with Gasteiger partial charge in [0, 0.05) is 64.9 Å². The highest BCUT2D eigenvalue weighted by molar-refractivity contribution is 5.64. The molecule has 2 aromatic heterocycles. The molecule has 1 aliphatic heterocycles. The van der Waals surface area contributed by atoms with Gasteiger partial charge in [-0.2, -0.15) is 0 Å². The first-order valence-corrected chi connectivity index (χ1v) is 11.6. The second-order valence-corrected chi connectivity index (χ2v) is 11.2. The second-order valence-electron chi connectivity index (χ2n) is 11.2. The Morgan fingerprint density at radius 3 is 2.19 bits per heavy atom. The summed E-state index contributed by atoms with van der Waals surface area (Å²) in [5, 5.41) is 12.4. The van der Waals surface area contributed by atoms with Crippen LogP contribution in [0.1, 0.15) is 69.8 Å². The Bertz CT molecular complexity index is 1080. The number of likely N-dealkylation sites (tertiary alicyclic amines) is 1. The number of nitrogens with one attached hydrogen (secondary N) is 1. The van der Waals surface area contributed by atoms with Crippen molar-refractivity contribution in [2.45, 2.75) is 58.5 Å². The van der Waals surface area contributed by atoms with E-state index in [1.54, 1.807) is 0 Å². The van der Waals surface area contributed by atoms with Gasteiger partial charge in [-0.15, -0.1) is 0 Å². The lowest BCUT2D eigenvalue weighted by molar-refractivity contribution is -0.127. The molecule has 1 fully saturated rings. The molecule has 1 atom stereocenters. The van der Waals surface area contributed by atoms with Crippen LogP contribution in [-0.4, -0.2) is 40.1 Å². The van der Waals surface area contributed by atoms with Crippen LogP contribution < -0.4 is 0 Å². The first-order valence-electron chi connectivity index (χ1n) is 11.6. The van der Waals surface area contributed by atoms with Crippen LogP contribution in [0, 0.1) is 5.41 Å². The Morgan fingerprint density at radius 1 is 1.00 bits per heavy atom.